The number of hydrogen-bond donors (Lipinski definition) is 1. The van der Waals surface area contributed by atoms with Crippen LogP contribution in [0.5, 0.6) is 5.75 Å². The average Bonchev–Trinajstić information content (AvgIpc) is 2.89. The number of aryl methyl sites for hydroxylation is 1. The molecule has 1 unspecified atom stereocenters. The lowest BCUT2D eigenvalue weighted by molar-refractivity contribution is 0.352. The molecule has 19 heavy (non-hydrogen) atoms. The van der Waals surface area contributed by atoms with Gasteiger partial charge in [0.1, 0.15) is 5.75 Å². The van der Waals surface area contributed by atoms with Crippen LogP contribution in [0.25, 0.3) is 0 Å². The van der Waals surface area contributed by atoms with E-state index in [0.29, 0.717) is 0 Å². The molecule has 2 aromatic carbocycles. The maximum absolute atomic E-state index is 6.46. The van der Waals surface area contributed by atoms with E-state index < -0.39 is 0 Å². The molecule has 1 aliphatic rings. The van der Waals surface area contributed by atoms with Gasteiger partial charge in [0.05, 0.1) is 12.6 Å². The SMILES string of the molecule is Cc1ccc(Br)cc1C(N)c1cccc2c1OCC2. The average molecular weight is 318 g/mol. The lowest BCUT2D eigenvalue weighted by atomic mass is 9.94. The zero-order valence-electron chi connectivity index (χ0n) is 10.8. The van der Waals surface area contributed by atoms with Crippen LogP contribution in [0.3, 0.4) is 0 Å². The highest BCUT2D eigenvalue weighted by atomic mass is 79.9. The fraction of sp³-hybridized carbons (Fsp3) is 0.250. The van der Waals surface area contributed by atoms with Gasteiger partial charge in [-0.2, -0.15) is 0 Å². The summed E-state index contributed by atoms with van der Waals surface area (Å²) < 4.78 is 6.80. The predicted molar refractivity (Wildman–Crippen MR) is 80.6 cm³/mol. The Bertz CT molecular complexity index is 624. The van der Waals surface area contributed by atoms with Crippen molar-refractivity contribution in [1.29, 1.82) is 0 Å². The quantitative estimate of drug-likeness (QED) is 0.915. The van der Waals surface area contributed by atoms with Crippen molar-refractivity contribution in [3.8, 4) is 5.75 Å². The molecule has 0 fully saturated rings. The first-order chi connectivity index (χ1) is 9.16. The summed E-state index contributed by atoms with van der Waals surface area (Å²) in [5.41, 5.74) is 11.1. The fourth-order valence-corrected chi connectivity index (χ4v) is 2.98. The maximum Gasteiger partial charge on any atom is 0.127 e. The molecule has 0 aromatic heterocycles. The predicted octanol–water partition coefficient (Wildman–Crippen LogP) is 3.74. The second-order valence-electron chi connectivity index (χ2n) is 4.91. The summed E-state index contributed by atoms with van der Waals surface area (Å²) >= 11 is 3.51. The van der Waals surface area contributed by atoms with Crippen molar-refractivity contribution in [1.82, 2.24) is 0 Å². The molecule has 0 spiro atoms. The van der Waals surface area contributed by atoms with Gasteiger partial charge in [-0.25, -0.2) is 0 Å². The first-order valence-electron chi connectivity index (χ1n) is 6.43. The Morgan fingerprint density at radius 2 is 2.05 bits per heavy atom. The first-order valence-corrected chi connectivity index (χ1v) is 7.22. The minimum Gasteiger partial charge on any atom is -0.493 e. The van der Waals surface area contributed by atoms with Crippen molar-refractivity contribution in [3.63, 3.8) is 0 Å². The number of fused-ring (bicyclic) bond motifs is 1. The van der Waals surface area contributed by atoms with Gasteiger partial charge in [0.25, 0.3) is 0 Å². The van der Waals surface area contributed by atoms with Crippen molar-refractivity contribution in [3.05, 3.63) is 63.1 Å². The Balaban J connectivity index is 2.07. The largest absolute Gasteiger partial charge is 0.493 e. The third-order valence-electron chi connectivity index (χ3n) is 3.66. The van der Waals surface area contributed by atoms with Gasteiger partial charge in [0, 0.05) is 16.5 Å². The van der Waals surface area contributed by atoms with E-state index in [-0.39, 0.29) is 6.04 Å². The Hall–Kier alpha value is -1.32. The Morgan fingerprint density at radius 3 is 2.89 bits per heavy atom. The summed E-state index contributed by atoms with van der Waals surface area (Å²) in [6.45, 7) is 2.85. The minimum atomic E-state index is -0.148. The topological polar surface area (TPSA) is 35.2 Å². The van der Waals surface area contributed by atoms with Gasteiger partial charge < -0.3 is 10.5 Å². The van der Waals surface area contributed by atoms with Crippen LogP contribution in [0.4, 0.5) is 0 Å². The maximum atomic E-state index is 6.46. The fourth-order valence-electron chi connectivity index (χ4n) is 2.60. The summed E-state index contributed by atoms with van der Waals surface area (Å²) in [5.74, 6) is 0.981. The summed E-state index contributed by atoms with van der Waals surface area (Å²) in [4.78, 5) is 0. The molecule has 0 amide bonds. The van der Waals surface area contributed by atoms with E-state index in [4.69, 9.17) is 10.5 Å². The number of benzene rings is 2. The van der Waals surface area contributed by atoms with Gasteiger partial charge in [-0.05, 0) is 35.7 Å². The van der Waals surface area contributed by atoms with Crippen LogP contribution in [-0.4, -0.2) is 6.61 Å². The van der Waals surface area contributed by atoms with Crippen LogP contribution in [0.1, 0.15) is 28.3 Å². The smallest absolute Gasteiger partial charge is 0.127 e. The summed E-state index contributed by atoms with van der Waals surface area (Å²) in [7, 11) is 0. The highest BCUT2D eigenvalue weighted by Gasteiger charge is 2.21. The molecule has 98 valence electrons. The van der Waals surface area contributed by atoms with Crippen LogP contribution in [0.15, 0.2) is 40.9 Å². The molecule has 1 heterocycles. The van der Waals surface area contributed by atoms with E-state index in [9.17, 15) is 0 Å². The first kappa shape index (κ1) is 12.7. The van der Waals surface area contributed by atoms with Crippen LogP contribution < -0.4 is 10.5 Å². The molecule has 2 nitrogen and oxygen atoms in total. The van der Waals surface area contributed by atoms with Crippen LogP contribution >= 0.6 is 15.9 Å². The molecular formula is C16H16BrNO. The Kier molecular flexibility index (Phi) is 3.33. The molecule has 0 bridgehead atoms. The van der Waals surface area contributed by atoms with Gasteiger partial charge in [-0.15, -0.1) is 0 Å². The lowest BCUT2D eigenvalue weighted by Gasteiger charge is -2.18. The summed E-state index contributed by atoms with van der Waals surface area (Å²) in [6, 6.07) is 12.3. The molecular weight excluding hydrogens is 302 g/mol. The molecule has 0 radical (unpaired) electrons. The molecule has 2 aromatic rings. The van der Waals surface area contributed by atoms with Crippen LogP contribution in [-0.2, 0) is 6.42 Å². The summed E-state index contributed by atoms with van der Waals surface area (Å²) in [6.07, 6.45) is 0.980. The molecule has 3 heteroatoms. The highest BCUT2D eigenvalue weighted by Crippen LogP contribution is 2.36. The third kappa shape index (κ3) is 2.28. The van der Waals surface area contributed by atoms with Crippen molar-refractivity contribution in [2.24, 2.45) is 5.73 Å². The summed E-state index contributed by atoms with van der Waals surface area (Å²) in [5, 5.41) is 0. The number of halogens is 1. The molecule has 0 saturated carbocycles. The third-order valence-corrected chi connectivity index (χ3v) is 4.15. The normalized spacial score (nSPS) is 14.9. The molecule has 1 atom stereocenters. The van der Waals surface area contributed by atoms with Gasteiger partial charge in [-0.3, -0.25) is 0 Å². The number of hydrogen-bond acceptors (Lipinski definition) is 2. The van der Waals surface area contributed by atoms with Gasteiger partial charge >= 0.3 is 0 Å². The molecule has 0 saturated heterocycles. The minimum absolute atomic E-state index is 0.148. The zero-order valence-corrected chi connectivity index (χ0v) is 12.4. The van der Waals surface area contributed by atoms with E-state index in [1.807, 2.05) is 6.07 Å². The second kappa shape index (κ2) is 4.99. The molecule has 1 aliphatic heterocycles. The van der Waals surface area contributed by atoms with Crippen molar-refractivity contribution in [2.75, 3.05) is 6.61 Å². The number of ether oxygens (including phenoxy) is 1. The van der Waals surface area contributed by atoms with E-state index in [1.54, 1.807) is 0 Å². The van der Waals surface area contributed by atoms with Crippen LogP contribution in [0, 0.1) is 6.92 Å². The Labute approximate surface area is 121 Å². The molecule has 0 aliphatic carbocycles. The highest BCUT2D eigenvalue weighted by molar-refractivity contribution is 9.10. The Morgan fingerprint density at radius 1 is 1.21 bits per heavy atom. The monoisotopic (exact) mass is 317 g/mol. The molecule has 3 rings (SSSR count). The zero-order chi connectivity index (χ0) is 13.4. The van der Waals surface area contributed by atoms with Gasteiger partial charge in [-0.1, -0.05) is 40.2 Å². The second-order valence-corrected chi connectivity index (χ2v) is 5.83. The van der Waals surface area contributed by atoms with Crippen molar-refractivity contribution in [2.45, 2.75) is 19.4 Å². The standard InChI is InChI=1S/C16H16BrNO/c1-10-5-6-12(17)9-14(10)15(18)13-4-2-3-11-7-8-19-16(11)13/h2-6,9,15H,7-8,18H2,1H3. The van der Waals surface area contributed by atoms with Crippen LogP contribution in [0.2, 0.25) is 0 Å². The van der Waals surface area contributed by atoms with E-state index >= 15 is 0 Å². The number of rotatable bonds is 2. The number of nitrogens with two attached hydrogens (primary N) is 1. The van der Waals surface area contributed by atoms with Crippen molar-refractivity contribution >= 4 is 15.9 Å². The van der Waals surface area contributed by atoms with E-state index in [0.717, 1.165) is 34.4 Å². The van der Waals surface area contributed by atoms with Crippen molar-refractivity contribution < 1.29 is 4.74 Å². The van der Waals surface area contributed by atoms with Gasteiger partial charge in [0.2, 0.25) is 0 Å². The number of para-hydroxylation sites is 1. The lowest BCUT2D eigenvalue weighted by Crippen LogP contribution is -2.14. The van der Waals surface area contributed by atoms with E-state index in [1.165, 1.54) is 11.1 Å². The van der Waals surface area contributed by atoms with Gasteiger partial charge in [0.15, 0.2) is 0 Å². The van der Waals surface area contributed by atoms with E-state index in [2.05, 4.69) is 53.2 Å². The molecule has 2 N–H and O–H groups in total.